The number of carbonyl (C=O) groups excluding carboxylic acids is 1. The highest BCUT2D eigenvalue weighted by molar-refractivity contribution is 5.99. The molecule has 0 bridgehead atoms. The van der Waals surface area contributed by atoms with Crippen molar-refractivity contribution in [2.75, 3.05) is 19.0 Å². The van der Waals surface area contributed by atoms with E-state index >= 15 is 0 Å². The van der Waals surface area contributed by atoms with Crippen LogP contribution in [0.15, 0.2) is 66.9 Å². The van der Waals surface area contributed by atoms with Gasteiger partial charge in [-0.3, -0.25) is 4.79 Å². The first-order valence-electron chi connectivity index (χ1n) is 10.2. The summed E-state index contributed by atoms with van der Waals surface area (Å²) in [6.45, 7) is 4.70. The van der Waals surface area contributed by atoms with Crippen LogP contribution in [0.5, 0.6) is 0 Å². The van der Waals surface area contributed by atoms with Crippen LogP contribution >= 0.6 is 0 Å². The topological polar surface area (TPSA) is 68.2 Å². The van der Waals surface area contributed by atoms with Crippen molar-refractivity contribution in [3.8, 4) is 0 Å². The SMILES string of the molecule is COC[C@H](NC(=O)c1cnn2c1NC(c1ccccc1)CC2(C)C)c1ccccc1. The molecule has 6 nitrogen and oxygen atoms in total. The van der Waals surface area contributed by atoms with Crippen molar-refractivity contribution in [3.05, 3.63) is 83.6 Å². The Morgan fingerprint density at radius 1 is 1.20 bits per heavy atom. The Kier molecular flexibility index (Phi) is 5.59. The minimum Gasteiger partial charge on any atom is -0.382 e. The molecule has 0 radical (unpaired) electrons. The normalized spacial score (nSPS) is 18.2. The number of nitrogens with zero attached hydrogens (tertiary/aromatic N) is 2. The molecule has 1 aromatic heterocycles. The van der Waals surface area contributed by atoms with Crippen molar-refractivity contribution < 1.29 is 9.53 Å². The van der Waals surface area contributed by atoms with Crippen molar-refractivity contribution in [1.29, 1.82) is 0 Å². The smallest absolute Gasteiger partial charge is 0.257 e. The van der Waals surface area contributed by atoms with E-state index in [-0.39, 0.29) is 23.5 Å². The van der Waals surface area contributed by atoms with E-state index in [4.69, 9.17) is 4.74 Å². The van der Waals surface area contributed by atoms with E-state index in [1.54, 1.807) is 13.3 Å². The Hall–Kier alpha value is -3.12. The van der Waals surface area contributed by atoms with Crippen LogP contribution in [-0.2, 0) is 10.3 Å². The van der Waals surface area contributed by atoms with Gasteiger partial charge in [-0.2, -0.15) is 5.10 Å². The number of methoxy groups -OCH3 is 1. The second kappa shape index (κ2) is 8.32. The summed E-state index contributed by atoms with van der Waals surface area (Å²) >= 11 is 0. The van der Waals surface area contributed by atoms with Crippen molar-refractivity contribution in [2.24, 2.45) is 0 Å². The predicted octanol–water partition coefficient (Wildman–Crippen LogP) is 4.29. The van der Waals surface area contributed by atoms with Crippen molar-refractivity contribution in [2.45, 2.75) is 37.9 Å². The lowest BCUT2D eigenvalue weighted by Gasteiger charge is -2.38. The molecule has 156 valence electrons. The molecule has 1 unspecified atom stereocenters. The fourth-order valence-corrected chi connectivity index (χ4v) is 4.11. The Bertz CT molecular complexity index is 999. The van der Waals surface area contributed by atoms with Gasteiger partial charge < -0.3 is 15.4 Å². The molecule has 2 N–H and O–H groups in total. The minimum atomic E-state index is -0.235. The fourth-order valence-electron chi connectivity index (χ4n) is 4.11. The third-order valence-corrected chi connectivity index (χ3v) is 5.64. The van der Waals surface area contributed by atoms with Crippen molar-refractivity contribution >= 4 is 11.7 Å². The van der Waals surface area contributed by atoms with E-state index in [2.05, 4.69) is 41.7 Å². The van der Waals surface area contributed by atoms with E-state index in [1.807, 2.05) is 53.2 Å². The number of ether oxygens (including phenoxy) is 1. The summed E-state index contributed by atoms with van der Waals surface area (Å²) < 4.78 is 7.27. The number of hydrogen-bond donors (Lipinski definition) is 2. The average molecular weight is 405 g/mol. The third-order valence-electron chi connectivity index (χ3n) is 5.64. The number of amides is 1. The molecule has 6 heteroatoms. The van der Waals surface area contributed by atoms with Gasteiger partial charge in [0, 0.05) is 7.11 Å². The first-order chi connectivity index (χ1) is 14.5. The van der Waals surface area contributed by atoms with Gasteiger partial charge >= 0.3 is 0 Å². The monoisotopic (exact) mass is 404 g/mol. The van der Waals surface area contributed by atoms with E-state index in [0.717, 1.165) is 17.8 Å². The van der Waals surface area contributed by atoms with Gasteiger partial charge in [-0.15, -0.1) is 0 Å². The summed E-state index contributed by atoms with van der Waals surface area (Å²) in [6.07, 6.45) is 2.53. The van der Waals surface area contributed by atoms with Gasteiger partial charge in [0.05, 0.1) is 30.4 Å². The Balaban J connectivity index is 1.62. The standard InChI is InChI=1S/C24H28N4O2/c1-24(2)14-20(17-10-6-4-7-11-17)26-22-19(15-25-28(22)24)23(29)27-21(16-30-3)18-12-8-5-9-13-18/h4-13,15,20-21,26H,14,16H2,1-3H3,(H,27,29)/t20?,21-/m0/s1. The second-order valence-electron chi connectivity index (χ2n) is 8.33. The number of fused-ring (bicyclic) bond motifs is 1. The molecule has 2 atom stereocenters. The number of aromatic nitrogens is 2. The molecule has 2 heterocycles. The summed E-state index contributed by atoms with van der Waals surface area (Å²) in [6, 6.07) is 20.1. The molecule has 30 heavy (non-hydrogen) atoms. The van der Waals surface area contributed by atoms with E-state index < -0.39 is 0 Å². The number of nitrogens with one attached hydrogen (secondary N) is 2. The Morgan fingerprint density at radius 3 is 2.53 bits per heavy atom. The molecular weight excluding hydrogens is 376 g/mol. The summed E-state index contributed by atoms with van der Waals surface area (Å²) in [5.41, 5.74) is 2.53. The highest BCUT2D eigenvalue weighted by atomic mass is 16.5. The zero-order chi connectivity index (χ0) is 21.1. The number of rotatable bonds is 6. The molecule has 0 fully saturated rings. The average Bonchev–Trinajstić information content (AvgIpc) is 3.19. The quantitative estimate of drug-likeness (QED) is 0.643. The van der Waals surface area contributed by atoms with Crippen LogP contribution in [0, 0.1) is 0 Å². The largest absolute Gasteiger partial charge is 0.382 e. The van der Waals surface area contributed by atoms with Crippen LogP contribution in [0.1, 0.15) is 53.8 Å². The van der Waals surface area contributed by atoms with Crippen LogP contribution in [0.25, 0.3) is 0 Å². The van der Waals surface area contributed by atoms with Gasteiger partial charge in [0.1, 0.15) is 11.4 Å². The van der Waals surface area contributed by atoms with Gasteiger partial charge in [-0.25, -0.2) is 4.68 Å². The number of benzene rings is 2. The highest BCUT2D eigenvalue weighted by Gasteiger charge is 2.36. The maximum Gasteiger partial charge on any atom is 0.257 e. The fraction of sp³-hybridized carbons (Fsp3) is 0.333. The summed E-state index contributed by atoms with van der Waals surface area (Å²) in [5.74, 6) is 0.584. The van der Waals surface area contributed by atoms with Crippen molar-refractivity contribution in [3.63, 3.8) is 0 Å². The second-order valence-corrected chi connectivity index (χ2v) is 8.33. The number of carbonyl (C=O) groups is 1. The lowest BCUT2D eigenvalue weighted by molar-refractivity contribution is 0.0897. The van der Waals surface area contributed by atoms with Gasteiger partial charge in [-0.1, -0.05) is 60.7 Å². The van der Waals surface area contributed by atoms with Crippen molar-refractivity contribution in [1.82, 2.24) is 15.1 Å². The molecule has 0 spiro atoms. The van der Waals surface area contributed by atoms with E-state index in [1.165, 1.54) is 5.56 Å². The highest BCUT2D eigenvalue weighted by Crippen LogP contribution is 2.39. The molecule has 0 aliphatic carbocycles. The van der Waals surface area contributed by atoms with Crippen LogP contribution in [-0.4, -0.2) is 29.4 Å². The van der Waals surface area contributed by atoms with Gasteiger partial charge in [0.15, 0.2) is 0 Å². The molecule has 0 saturated carbocycles. The maximum atomic E-state index is 13.2. The predicted molar refractivity (Wildman–Crippen MR) is 117 cm³/mol. The summed E-state index contributed by atoms with van der Waals surface area (Å²) in [5, 5.41) is 11.2. The maximum absolute atomic E-state index is 13.2. The van der Waals surface area contributed by atoms with Crippen LogP contribution < -0.4 is 10.6 Å². The van der Waals surface area contributed by atoms with Gasteiger partial charge in [-0.05, 0) is 31.4 Å². The molecule has 4 rings (SSSR count). The first kappa shape index (κ1) is 20.2. The van der Waals surface area contributed by atoms with Crippen LogP contribution in [0.2, 0.25) is 0 Å². The summed E-state index contributed by atoms with van der Waals surface area (Å²) in [7, 11) is 1.64. The zero-order valence-corrected chi connectivity index (χ0v) is 17.6. The molecule has 0 saturated heterocycles. The number of anilines is 1. The molecule has 1 aliphatic heterocycles. The molecule has 1 amide bonds. The van der Waals surface area contributed by atoms with E-state index in [9.17, 15) is 4.79 Å². The Labute approximate surface area is 177 Å². The minimum absolute atomic E-state index is 0.112. The summed E-state index contributed by atoms with van der Waals surface area (Å²) in [4.78, 5) is 13.2. The van der Waals surface area contributed by atoms with Gasteiger partial charge in [0.25, 0.3) is 5.91 Å². The molecular formula is C24H28N4O2. The van der Waals surface area contributed by atoms with E-state index in [0.29, 0.717) is 12.2 Å². The van der Waals surface area contributed by atoms with Crippen LogP contribution in [0.4, 0.5) is 5.82 Å². The first-order valence-corrected chi connectivity index (χ1v) is 10.2. The van der Waals surface area contributed by atoms with Gasteiger partial charge in [0.2, 0.25) is 0 Å². The molecule has 2 aromatic carbocycles. The third kappa shape index (κ3) is 3.96. The Morgan fingerprint density at radius 2 is 1.87 bits per heavy atom. The zero-order valence-electron chi connectivity index (χ0n) is 17.6. The molecule has 1 aliphatic rings. The lowest BCUT2D eigenvalue weighted by Crippen LogP contribution is -2.39. The number of hydrogen-bond acceptors (Lipinski definition) is 4. The van der Waals surface area contributed by atoms with Crippen LogP contribution in [0.3, 0.4) is 0 Å². The lowest BCUT2D eigenvalue weighted by atomic mass is 9.89. The molecule has 3 aromatic rings.